The zero-order valence-corrected chi connectivity index (χ0v) is 8.47. The van der Waals surface area contributed by atoms with E-state index in [1.165, 1.54) is 13.2 Å². The summed E-state index contributed by atoms with van der Waals surface area (Å²) < 4.78 is 4.89. The minimum atomic E-state index is -0.412. The first kappa shape index (κ1) is 10.1. The number of carbonyl (C=O) groups excluding carboxylic acids is 1. The highest BCUT2D eigenvalue weighted by Crippen LogP contribution is 2.14. The molecule has 16 heavy (non-hydrogen) atoms. The van der Waals surface area contributed by atoms with Crippen molar-refractivity contribution in [2.75, 3.05) is 12.8 Å². The molecule has 2 rings (SSSR count). The van der Waals surface area contributed by atoms with Crippen LogP contribution < -0.4 is 11.1 Å². The molecule has 3 N–H and O–H groups in total. The molecule has 0 bridgehead atoms. The Labute approximate surface area is 90.7 Å². The van der Waals surface area contributed by atoms with Crippen molar-refractivity contribution in [2.24, 2.45) is 0 Å². The van der Waals surface area contributed by atoms with Crippen LogP contribution in [0.2, 0.25) is 0 Å². The molecule has 0 spiro atoms. The number of hydrogen-bond donors (Lipinski definition) is 2. The quantitative estimate of drug-likeness (QED) is 0.740. The van der Waals surface area contributed by atoms with Crippen molar-refractivity contribution in [2.45, 2.75) is 0 Å². The van der Waals surface area contributed by atoms with Gasteiger partial charge in [0.2, 0.25) is 0 Å². The maximum absolute atomic E-state index is 11.2. The largest absolute Gasteiger partial charge is 0.397 e. The summed E-state index contributed by atoms with van der Waals surface area (Å²) in [7, 11) is 1.49. The van der Waals surface area contributed by atoms with Crippen LogP contribution in [-0.4, -0.2) is 28.1 Å². The van der Waals surface area contributed by atoms with Crippen LogP contribution in [0.3, 0.4) is 0 Å². The van der Waals surface area contributed by atoms with Gasteiger partial charge < -0.3 is 15.6 Å². The molecule has 82 valence electrons. The summed E-state index contributed by atoms with van der Waals surface area (Å²) in [5.41, 5.74) is 6.49. The molecule has 7 heteroatoms. The first-order valence-electron chi connectivity index (χ1n) is 4.48. The third-order valence-corrected chi connectivity index (χ3v) is 1.86. The summed E-state index contributed by atoms with van der Waals surface area (Å²) in [4.78, 5) is 19.1. The van der Waals surface area contributed by atoms with Gasteiger partial charge in [-0.1, -0.05) is 5.16 Å². The SMILES string of the molecule is CNC(=O)c1noc(-c2ccc(N)cn2)n1. The lowest BCUT2D eigenvalue weighted by atomic mass is 10.3. The molecule has 2 aromatic rings. The van der Waals surface area contributed by atoms with Crippen LogP contribution in [0.1, 0.15) is 10.6 Å². The number of anilines is 1. The molecule has 0 radical (unpaired) electrons. The second-order valence-electron chi connectivity index (χ2n) is 2.98. The second kappa shape index (κ2) is 3.97. The lowest BCUT2D eigenvalue weighted by Gasteiger charge is -1.93. The molecule has 2 heterocycles. The van der Waals surface area contributed by atoms with Crippen LogP contribution in [0.4, 0.5) is 5.69 Å². The van der Waals surface area contributed by atoms with Gasteiger partial charge in [0, 0.05) is 7.05 Å². The minimum absolute atomic E-state index is 0.0314. The highest BCUT2D eigenvalue weighted by molar-refractivity contribution is 5.90. The van der Waals surface area contributed by atoms with Crippen molar-refractivity contribution in [3.05, 3.63) is 24.2 Å². The predicted molar refractivity (Wildman–Crippen MR) is 55.3 cm³/mol. The third-order valence-electron chi connectivity index (χ3n) is 1.86. The van der Waals surface area contributed by atoms with Gasteiger partial charge in [-0.05, 0) is 12.1 Å². The lowest BCUT2D eigenvalue weighted by Crippen LogP contribution is -2.19. The molecule has 0 aromatic carbocycles. The number of hydrogen-bond acceptors (Lipinski definition) is 6. The van der Waals surface area contributed by atoms with Crippen molar-refractivity contribution < 1.29 is 9.32 Å². The minimum Gasteiger partial charge on any atom is -0.397 e. The van der Waals surface area contributed by atoms with Crippen molar-refractivity contribution >= 4 is 11.6 Å². The third kappa shape index (κ3) is 1.83. The second-order valence-corrected chi connectivity index (χ2v) is 2.98. The molecular weight excluding hydrogens is 210 g/mol. The number of nitrogens with zero attached hydrogens (tertiary/aromatic N) is 3. The van der Waals surface area contributed by atoms with E-state index in [-0.39, 0.29) is 11.7 Å². The number of amides is 1. The number of nitrogens with two attached hydrogens (primary N) is 1. The summed E-state index contributed by atoms with van der Waals surface area (Å²) in [6.07, 6.45) is 1.47. The zero-order chi connectivity index (χ0) is 11.5. The van der Waals surface area contributed by atoms with Gasteiger partial charge in [-0.3, -0.25) is 4.79 Å². The normalized spacial score (nSPS) is 10.1. The Morgan fingerprint density at radius 2 is 2.31 bits per heavy atom. The maximum atomic E-state index is 11.2. The molecular formula is C9H9N5O2. The smallest absolute Gasteiger partial charge is 0.292 e. The van der Waals surface area contributed by atoms with Crippen molar-refractivity contribution in [1.29, 1.82) is 0 Å². The average molecular weight is 219 g/mol. The first-order chi connectivity index (χ1) is 7.70. The predicted octanol–water partition coefficient (Wildman–Crippen LogP) is 0.0734. The van der Waals surface area contributed by atoms with E-state index in [1.54, 1.807) is 12.1 Å². The molecule has 0 atom stereocenters. The Morgan fingerprint density at radius 3 is 2.94 bits per heavy atom. The number of rotatable bonds is 2. The number of pyridine rings is 1. The van der Waals surface area contributed by atoms with Crippen molar-refractivity contribution in [3.63, 3.8) is 0 Å². The highest BCUT2D eigenvalue weighted by Gasteiger charge is 2.14. The summed E-state index contributed by atoms with van der Waals surface area (Å²) in [5, 5.41) is 5.91. The number of nitrogens with one attached hydrogen (secondary N) is 1. The van der Waals surface area contributed by atoms with Gasteiger partial charge in [-0.25, -0.2) is 4.98 Å². The molecule has 0 saturated carbocycles. The maximum Gasteiger partial charge on any atom is 0.292 e. The van der Waals surface area contributed by atoms with Crippen molar-refractivity contribution in [1.82, 2.24) is 20.4 Å². The Bertz CT molecular complexity index is 505. The fraction of sp³-hybridized carbons (Fsp3) is 0.111. The Kier molecular flexibility index (Phi) is 2.50. The van der Waals surface area contributed by atoms with E-state index in [4.69, 9.17) is 10.3 Å². The molecule has 0 saturated heterocycles. The van der Waals surface area contributed by atoms with E-state index in [1.807, 2.05) is 0 Å². The summed E-state index contributed by atoms with van der Waals surface area (Å²) in [5.74, 6) is -0.264. The van der Waals surface area contributed by atoms with Crippen LogP contribution in [0.15, 0.2) is 22.9 Å². The molecule has 2 aromatic heterocycles. The van der Waals surface area contributed by atoms with E-state index in [9.17, 15) is 4.79 Å². The van der Waals surface area contributed by atoms with Crippen LogP contribution in [0, 0.1) is 0 Å². The van der Waals surface area contributed by atoms with Gasteiger partial charge >= 0.3 is 0 Å². The number of aromatic nitrogens is 3. The Morgan fingerprint density at radius 1 is 1.50 bits per heavy atom. The van der Waals surface area contributed by atoms with E-state index in [0.717, 1.165) is 0 Å². The summed E-state index contributed by atoms with van der Waals surface area (Å²) in [6, 6.07) is 3.29. The van der Waals surface area contributed by atoms with E-state index < -0.39 is 5.91 Å². The van der Waals surface area contributed by atoms with Gasteiger partial charge in [0.1, 0.15) is 5.69 Å². The van der Waals surface area contributed by atoms with Gasteiger partial charge in [-0.15, -0.1) is 0 Å². The van der Waals surface area contributed by atoms with Gasteiger partial charge in [0.25, 0.3) is 17.6 Å². The zero-order valence-electron chi connectivity index (χ0n) is 8.47. The van der Waals surface area contributed by atoms with Gasteiger partial charge in [-0.2, -0.15) is 4.98 Å². The molecule has 0 unspecified atom stereocenters. The van der Waals surface area contributed by atoms with Crippen molar-refractivity contribution in [3.8, 4) is 11.6 Å². The van der Waals surface area contributed by atoms with Crippen LogP contribution in [0.25, 0.3) is 11.6 Å². The fourth-order valence-corrected chi connectivity index (χ4v) is 1.06. The molecule has 7 nitrogen and oxygen atoms in total. The van der Waals surface area contributed by atoms with E-state index >= 15 is 0 Å². The molecule has 0 aliphatic rings. The van der Waals surface area contributed by atoms with E-state index in [2.05, 4.69) is 20.4 Å². The van der Waals surface area contributed by atoms with Crippen LogP contribution in [0.5, 0.6) is 0 Å². The van der Waals surface area contributed by atoms with Crippen LogP contribution >= 0.6 is 0 Å². The lowest BCUT2D eigenvalue weighted by molar-refractivity contribution is 0.0950. The Balaban J connectivity index is 2.31. The van der Waals surface area contributed by atoms with Gasteiger partial charge in [0.05, 0.1) is 11.9 Å². The fourth-order valence-electron chi connectivity index (χ4n) is 1.06. The number of nitrogen functional groups attached to an aromatic ring is 1. The molecule has 0 aliphatic carbocycles. The monoisotopic (exact) mass is 219 g/mol. The van der Waals surface area contributed by atoms with Crippen LogP contribution in [-0.2, 0) is 0 Å². The molecule has 1 amide bonds. The van der Waals surface area contributed by atoms with E-state index in [0.29, 0.717) is 11.4 Å². The first-order valence-corrected chi connectivity index (χ1v) is 4.48. The van der Waals surface area contributed by atoms with Gasteiger partial charge in [0.15, 0.2) is 0 Å². The highest BCUT2D eigenvalue weighted by atomic mass is 16.5. The number of carbonyl (C=O) groups is 1. The average Bonchev–Trinajstić information content (AvgIpc) is 2.78. The topological polar surface area (TPSA) is 107 Å². The molecule has 0 fully saturated rings. The molecule has 0 aliphatic heterocycles. The Hall–Kier alpha value is -2.44. The standard InChI is InChI=1S/C9H9N5O2/c1-11-8(15)7-13-9(16-14-7)6-3-2-5(10)4-12-6/h2-4H,10H2,1H3,(H,11,15). The summed E-state index contributed by atoms with van der Waals surface area (Å²) in [6.45, 7) is 0. The summed E-state index contributed by atoms with van der Waals surface area (Å²) >= 11 is 0.